The summed E-state index contributed by atoms with van der Waals surface area (Å²) in [6.45, 7) is 8.26. The van der Waals surface area contributed by atoms with Crippen molar-refractivity contribution in [3.8, 4) is 22.6 Å². The van der Waals surface area contributed by atoms with Crippen LogP contribution in [0.25, 0.3) is 16.9 Å². The van der Waals surface area contributed by atoms with E-state index in [1.165, 1.54) is 12.8 Å². The van der Waals surface area contributed by atoms with E-state index < -0.39 is 0 Å². The van der Waals surface area contributed by atoms with E-state index >= 15 is 0 Å². The highest BCUT2D eigenvalue weighted by Crippen LogP contribution is 2.47. The summed E-state index contributed by atoms with van der Waals surface area (Å²) in [5, 5.41) is 10.5. The lowest BCUT2D eigenvalue weighted by atomic mass is 9.91. The summed E-state index contributed by atoms with van der Waals surface area (Å²) < 4.78 is 5.87. The summed E-state index contributed by atoms with van der Waals surface area (Å²) in [5.74, 6) is 1.66. The van der Waals surface area contributed by atoms with Crippen LogP contribution in [0.3, 0.4) is 0 Å². The summed E-state index contributed by atoms with van der Waals surface area (Å²) in [5.41, 5.74) is 5.01. The van der Waals surface area contributed by atoms with Gasteiger partial charge >= 0.3 is 0 Å². The van der Waals surface area contributed by atoms with Gasteiger partial charge in [-0.25, -0.2) is 0 Å². The molecular weight excluding hydrogens is 272 g/mol. The Hall–Kier alpha value is -2.22. The average Bonchev–Trinajstić information content (AvgIpc) is 2.46. The fourth-order valence-electron chi connectivity index (χ4n) is 3.03. The Morgan fingerprint density at radius 3 is 2.68 bits per heavy atom. The molecule has 0 fully saturated rings. The van der Waals surface area contributed by atoms with E-state index in [4.69, 9.17) is 4.74 Å². The van der Waals surface area contributed by atoms with E-state index in [1.54, 1.807) is 0 Å². The van der Waals surface area contributed by atoms with Crippen molar-refractivity contribution in [2.45, 2.75) is 39.5 Å². The number of ether oxygens (including phenoxy) is 1. The van der Waals surface area contributed by atoms with Crippen LogP contribution in [0.1, 0.15) is 42.9 Å². The second kappa shape index (κ2) is 5.88. The normalized spacial score (nSPS) is 12.5. The van der Waals surface area contributed by atoms with E-state index in [0.29, 0.717) is 11.5 Å². The second-order valence-corrected chi connectivity index (χ2v) is 6.02. The van der Waals surface area contributed by atoms with Crippen LogP contribution in [-0.2, 0) is 6.42 Å². The minimum atomic E-state index is 0.295. The second-order valence-electron chi connectivity index (χ2n) is 6.02. The van der Waals surface area contributed by atoms with Crippen LogP contribution in [0.2, 0.25) is 0 Å². The SMILES string of the molecule is C=C1Oc2cc(CCCCC)cc(O)c2-c2cc(C)ccc21. The standard InChI is InChI=1S/C20H22O2/c1-4-5-6-7-15-11-18(21)20-17-10-13(2)8-9-16(17)14(3)22-19(20)12-15/h8-12,21H,3-7H2,1-2H3. The summed E-state index contributed by atoms with van der Waals surface area (Å²) in [4.78, 5) is 0. The van der Waals surface area contributed by atoms with Gasteiger partial charge in [0.1, 0.15) is 17.3 Å². The van der Waals surface area contributed by atoms with Gasteiger partial charge in [-0.2, -0.15) is 0 Å². The molecule has 0 aromatic heterocycles. The molecule has 1 N–H and O–H groups in total. The maximum absolute atomic E-state index is 10.5. The minimum Gasteiger partial charge on any atom is -0.507 e. The lowest BCUT2D eigenvalue weighted by molar-refractivity contribution is 0.463. The Bertz CT molecular complexity index is 729. The maximum Gasteiger partial charge on any atom is 0.139 e. The van der Waals surface area contributed by atoms with E-state index in [0.717, 1.165) is 46.4 Å². The molecule has 1 heterocycles. The number of phenolic OH excluding ortho intramolecular Hbond substituents is 1. The Labute approximate surface area is 132 Å². The third-order valence-corrected chi connectivity index (χ3v) is 4.19. The number of rotatable bonds is 4. The van der Waals surface area contributed by atoms with Gasteiger partial charge in [0.05, 0.1) is 5.56 Å². The summed E-state index contributed by atoms with van der Waals surface area (Å²) in [6, 6.07) is 10.0. The van der Waals surface area contributed by atoms with Crippen LogP contribution in [0, 0.1) is 6.92 Å². The topological polar surface area (TPSA) is 29.5 Å². The van der Waals surface area contributed by atoms with Gasteiger partial charge in [-0.3, -0.25) is 0 Å². The first-order valence-electron chi connectivity index (χ1n) is 7.94. The first-order valence-corrected chi connectivity index (χ1v) is 7.94. The van der Waals surface area contributed by atoms with Crippen LogP contribution < -0.4 is 4.74 Å². The van der Waals surface area contributed by atoms with Gasteiger partial charge in [0.25, 0.3) is 0 Å². The Morgan fingerprint density at radius 1 is 1.09 bits per heavy atom. The molecule has 2 aromatic rings. The monoisotopic (exact) mass is 294 g/mol. The van der Waals surface area contributed by atoms with Crippen LogP contribution in [0.15, 0.2) is 36.9 Å². The van der Waals surface area contributed by atoms with Gasteiger partial charge < -0.3 is 9.84 Å². The lowest BCUT2D eigenvalue weighted by Gasteiger charge is -2.24. The van der Waals surface area contributed by atoms with Gasteiger partial charge in [-0.05, 0) is 37.5 Å². The molecule has 3 rings (SSSR count). The molecule has 0 aliphatic carbocycles. The lowest BCUT2D eigenvalue weighted by Crippen LogP contribution is -2.05. The molecule has 0 bridgehead atoms. The summed E-state index contributed by atoms with van der Waals surface area (Å²) in [6.07, 6.45) is 4.49. The number of hydrogen-bond donors (Lipinski definition) is 1. The molecular formula is C20H22O2. The highest BCUT2D eigenvalue weighted by molar-refractivity contribution is 5.89. The van der Waals surface area contributed by atoms with Gasteiger partial charge in [0.2, 0.25) is 0 Å². The van der Waals surface area contributed by atoms with Crippen molar-refractivity contribution in [3.63, 3.8) is 0 Å². The number of aromatic hydroxyl groups is 1. The molecule has 0 atom stereocenters. The molecule has 0 amide bonds. The maximum atomic E-state index is 10.5. The zero-order chi connectivity index (χ0) is 15.7. The highest BCUT2D eigenvalue weighted by atomic mass is 16.5. The van der Waals surface area contributed by atoms with Crippen molar-refractivity contribution >= 4 is 5.76 Å². The number of benzene rings is 2. The van der Waals surface area contributed by atoms with Gasteiger partial charge in [0.15, 0.2) is 0 Å². The fourth-order valence-corrected chi connectivity index (χ4v) is 3.03. The molecule has 0 saturated heterocycles. The van der Waals surface area contributed by atoms with Crippen molar-refractivity contribution < 1.29 is 9.84 Å². The van der Waals surface area contributed by atoms with Crippen molar-refractivity contribution in [2.75, 3.05) is 0 Å². The molecule has 0 radical (unpaired) electrons. The molecule has 2 heteroatoms. The molecule has 1 aliphatic heterocycles. The average molecular weight is 294 g/mol. The zero-order valence-electron chi connectivity index (χ0n) is 13.3. The fraction of sp³-hybridized carbons (Fsp3) is 0.300. The molecule has 0 unspecified atom stereocenters. The van der Waals surface area contributed by atoms with E-state index in [9.17, 15) is 5.11 Å². The van der Waals surface area contributed by atoms with Crippen LogP contribution in [0.4, 0.5) is 0 Å². The molecule has 114 valence electrons. The number of hydrogen-bond acceptors (Lipinski definition) is 2. The van der Waals surface area contributed by atoms with Crippen molar-refractivity contribution in [1.82, 2.24) is 0 Å². The van der Waals surface area contributed by atoms with Crippen molar-refractivity contribution in [3.05, 3.63) is 53.6 Å². The first-order chi connectivity index (χ1) is 10.6. The molecule has 1 aliphatic rings. The van der Waals surface area contributed by atoms with Gasteiger partial charge in [0, 0.05) is 11.1 Å². The number of aryl methyl sites for hydroxylation is 2. The molecule has 0 saturated carbocycles. The quantitative estimate of drug-likeness (QED) is 0.758. The minimum absolute atomic E-state index is 0.295. The number of fused-ring (bicyclic) bond motifs is 3. The largest absolute Gasteiger partial charge is 0.507 e. The number of unbranched alkanes of at least 4 members (excludes halogenated alkanes) is 2. The summed E-state index contributed by atoms with van der Waals surface area (Å²) in [7, 11) is 0. The first kappa shape index (κ1) is 14.7. The van der Waals surface area contributed by atoms with E-state index in [-0.39, 0.29) is 0 Å². The predicted octanol–water partition coefficient (Wildman–Crippen LogP) is 5.46. The number of phenols is 1. The smallest absolute Gasteiger partial charge is 0.139 e. The third kappa shape index (κ3) is 2.61. The van der Waals surface area contributed by atoms with Gasteiger partial charge in [-0.15, -0.1) is 0 Å². The van der Waals surface area contributed by atoms with Crippen LogP contribution in [-0.4, -0.2) is 5.11 Å². The predicted molar refractivity (Wildman–Crippen MR) is 91.2 cm³/mol. The molecule has 0 spiro atoms. The van der Waals surface area contributed by atoms with Crippen molar-refractivity contribution in [1.29, 1.82) is 0 Å². The zero-order valence-corrected chi connectivity index (χ0v) is 13.3. The van der Waals surface area contributed by atoms with E-state index in [2.05, 4.69) is 19.6 Å². The molecule has 2 aromatic carbocycles. The Kier molecular flexibility index (Phi) is 3.93. The Balaban J connectivity index is 2.05. The van der Waals surface area contributed by atoms with E-state index in [1.807, 2.05) is 31.2 Å². The molecule has 2 nitrogen and oxygen atoms in total. The Morgan fingerprint density at radius 2 is 1.91 bits per heavy atom. The highest BCUT2D eigenvalue weighted by Gasteiger charge is 2.24. The molecule has 22 heavy (non-hydrogen) atoms. The third-order valence-electron chi connectivity index (χ3n) is 4.19. The summed E-state index contributed by atoms with van der Waals surface area (Å²) >= 11 is 0. The van der Waals surface area contributed by atoms with Crippen LogP contribution in [0.5, 0.6) is 11.5 Å². The van der Waals surface area contributed by atoms with Crippen molar-refractivity contribution in [2.24, 2.45) is 0 Å². The van der Waals surface area contributed by atoms with Gasteiger partial charge in [-0.1, -0.05) is 50.1 Å². The van der Waals surface area contributed by atoms with Crippen LogP contribution >= 0.6 is 0 Å².